The van der Waals surface area contributed by atoms with E-state index in [1.165, 1.54) is 25.7 Å². The van der Waals surface area contributed by atoms with Crippen LogP contribution in [0, 0.1) is 46.3 Å². The Labute approximate surface area is 188 Å². The van der Waals surface area contributed by atoms with Gasteiger partial charge < -0.3 is 19.7 Å². The van der Waals surface area contributed by atoms with E-state index in [1.54, 1.807) is 0 Å². The molecule has 0 aromatic heterocycles. The van der Waals surface area contributed by atoms with Gasteiger partial charge in [-0.25, -0.2) is 0 Å². The Hall–Kier alpha value is -0.600. The number of ether oxygens (including phenoxy) is 2. The first kappa shape index (κ1) is 22.2. The Morgan fingerprint density at radius 2 is 1.81 bits per heavy atom. The van der Waals surface area contributed by atoms with Gasteiger partial charge in [-0.2, -0.15) is 0 Å². The van der Waals surface area contributed by atoms with Crippen LogP contribution in [0.2, 0.25) is 0 Å². The molecule has 2 N–H and O–H groups in total. The fraction of sp³-hybridized carbons (Fsp3) is 0.926. The second-order valence-electron chi connectivity index (χ2n) is 11.8. The van der Waals surface area contributed by atoms with Crippen LogP contribution in [0.15, 0.2) is 0 Å². The van der Waals surface area contributed by atoms with E-state index in [-0.39, 0.29) is 17.8 Å². The molecule has 4 nitrogen and oxygen atoms in total. The minimum atomic E-state index is -0.889. The van der Waals surface area contributed by atoms with Crippen LogP contribution in [0.1, 0.15) is 90.9 Å². The van der Waals surface area contributed by atoms with Gasteiger partial charge in [0.15, 0.2) is 6.29 Å². The van der Waals surface area contributed by atoms with Crippen LogP contribution < -0.4 is 0 Å². The zero-order valence-corrected chi connectivity index (χ0v) is 19.6. The fourth-order valence-electron chi connectivity index (χ4n) is 8.62. The van der Waals surface area contributed by atoms with Crippen molar-refractivity contribution in [2.75, 3.05) is 13.2 Å². The smallest absolute Gasteiger partial charge is 0.158 e. The van der Waals surface area contributed by atoms with Gasteiger partial charge in [0.2, 0.25) is 0 Å². The van der Waals surface area contributed by atoms with E-state index in [2.05, 4.69) is 25.7 Å². The molecule has 9 atom stereocenters. The van der Waals surface area contributed by atoms with E-state index in [0.717, 1.165) is 63.9 Å². The largest absolute Gasteiger partial charge is 0.393 e. The van der Waals surface area contributed by atoms with Crippen molar-refractivity contribution in [3.63, 3.8) is 0 Å². The Kier molecular flexibility index (Phi) is 5.96. The first-order valence-corrected chi connectivity index (χ1v) is 13.0. The first-order chi connectivity index (χ1) is 14.9. The summed E-state index contributed by atoms with van der Waals surface area (Å²) in [6.45, 7) is 5.97. The van der Waals surface area contributed by atoms with Crippen molar-refractivity contribution in [1.82, 2.24) is 0 Å². The number of aliphatic hydroxyl groups is 2. The molecule has 0 aromatic carbocycles. The quantitative estimate of drug-likeness (QED) is 0.625. The number of fused-ring (bicyclic) bond motifs is 5. The second kappa shape index (κ2) is 8.32. The van der Waals surface area contributed by atoms with Crippen molar-refractivity contribution >= 4 is 0 Å². The molecule has 1 saturated heterocycles. The number of aliphatic hydroxyl groups excluding tert-OH is 1. The molecular weight excluding hydrogens is 388 g/mol. The van der Waals surface area contributed by atoms with Crippen LogP contribution in [0.3, 0.4) is 0 Å². The number of hydrogen-bond donors (Lipinski definition) is 2. The summed E-state index contributed by atoms with van der Waals surface area (Å²) >= 11 is 0. The molecule has 31 heavy (non-hydrogen) atoms. The SMILES string of the molecule is C[C@]12CCC(O)CC1CC[C@@H]1[C@H]2CC[C@@]2(C)[C@H]1CCC2(O)C#CCOC1CCCCO1. The summed E-state index contributed by atoms with van der Waals surface area (Å²) in [6, 6.07) is 0. The van der Waals surface area contributed by atoms with Crippen molar-refractivity contribution in [2.45, 2.75) is 109 Å². The molecule has 0 radical (unpaired) electrons. The Morgan fingerprint density at radius 3 is 2.61 bits per heavy atom. The van der Waals surface area contributed by atoms with Gasteiger partial charge in [0.1, 0.15) is 12.2 Å². The van der Waals surface area contributed by atoms with Crippen LogP contribution >= 0.6 is 0 Å². The molecule has 4 aliphatic carbocycles. The van der Waals surface area contributed by atoms with Crippen LogP contribution in [0.4, 0.5) is 0 Å². The van der Waals surface area contributed by atoms with Gasteiger partial charge in [0, 0.05) is 12.0 Å². The van der Waals surface area contributed by atoms with Gasteiger partial charge in [-0.1, -0.05) is 25.7 Å². The Balaban J connectivity index is 1.28. The third-order valence-electron chi connectivity index (χ3n) is 10.6. The van der Waals surface area contributed by atoms with Crippen molar-refractivity contribution < 1.29 is 19.7 Å². The van der Waals surface area contributed by atoms with Gasteiger partial charge in [0.25, 0.3) is 0 Å². The van der Waals surface area contributed by atoms with E-state index < -0.39 is 5.60 Å². The lowest BCUT2D eigenvalue weighted by molar-refractivity contribution is -0.154. The van der Waals surface area contributed by atoms with Gasteiger partial charge in [0.05, 0.1) is 6.10 Å². The molecule has 0 amide bonds. The first-order valence-electron chi connectivity index (χ1n) is 13.0. The molecule has 4 unspecified atom stereocenters. The van der Waals surface area contributed by atoms with Crippen molar-refractivity contribution in [1.29, 1.82) is 0 Å². The minimum Gasteiger partial charge on any atom is -0.393 e. The van der Waals surface area contributed by atoms with Gasteiger partial charge in [-0.05, 0) is 106 Å². The summed E-state index contributed by atoms with van der Waals surface area (Å²) in [4.78, 5) is 0. The van der Waals surface area contributed by atoms with E-state index in [9.17, 15) is 10.2 Å². The van der Waals surface area contributed by atoms with E-state index in [4.69, 9.17) is 9.47 Å². The Bertz CT molecular complexity index is 720. The van der Waals surface area contributed by atoms with Crippen molar-refractivity contribution in [2.24, 2.45) is 34.5 Å². The molecule has 4 saturated carbocycles. The van der Waals surface area contributed by atoms with E-state index in [1.807, 2.05) is 0 Å². The monoisotopic (exact) mass is 430 g/mol. The molecular formula is C27H42O4. The molecule has 5 rings (SSSR count). The third kappa shape index (κ3) is 3.68. The molecule has 5 fully saturated rings. The second-order valence-corrected chi connectivity index (χ2v) is 11.8. The minimum absolute atomic E-state index is 0.0865. The lowest BCUT2D eigenvalue weighted by Gasteiger charge is -2.61. The molecule has 1 heterocycles. The molecule has 4 heteroatoms. The topological polar surface area (TPSA) is 58.9 Å². The fourth-order valence-corrected chi connectivity index (χ4v) is 8.62. The summed E-state index contributed by atoms with van der Waals surface area (Å²) in [7, 11) is 0. The maximum Gasteiger partial charge on any atom is 0.158 e. The Morgan fingerprint density at radius 1 is 0.968 bits per heavy atom. The lowest BCUT2D eigenvalue weighted by atomic mass is 9.44. The van der Waals surface area contributed by atoms with E-state index >= 15 is 0 Å². The zero-order chi connectivity index (χ0) is 21.7. The average molecular weight is 431 g/mol. The highest BCUT2D eigenvalue weighted by Crippen LogP contribution is 2.68. The van der Waals surface area contributed by atoms with E-state index in [0.29, 0.717) is 29.8 Å². The highest BCUT2D eigenvalue weighted by Gasteiger charge is 2.64. The molecule has 1 aliphatic heterocycles. The molecule has 5 aliphatic rings. The maximum absolute atomic E-state index is 11.7. The molecule has 0 bridgehead atoms. The highest BCUT2D eigenvalue weighted by molar-refractivity contribution is 5.26. The third-order valence-corrected chi connectivity index (χ3v) is 10.6. The average Bonchev–Trinajstić information content (AvgIpc) is 3.04. The number of rotatable bonds is 2. The maximum atomic E-state index is 11.7. The number of hydrogen-bond acceptors (Lipinski definition) is 4. The summed E-state index contributed by atoms with van der Waals surface area (Å²) in [5, 5.41) is 21.9. The van der Waals surface area contributed by atoms with Gasteiger partial charge in [-0.3, -0.25) is 0 Å². The van der Waals surface area contributed by atoms with Gasteiger partial charge >= 0.3 is 0 Å². The summed E-state index contributed by atoms with van der Waals surface area (Å²) in [6.07, 6.45) is 12.8. The van der Waals surface area contributed by atoms with Crippen LogP contribution in [0.25, 0.3) is 0 Å². The normalized spacial score (nSPS) is 51.7. The van der Waals surface area contributed by atoms with Crippen molar-refractivity contribution in [3.8, 4) is 11.8 Å². The van der Waals surface area contributed by atoms with Crippen molar-refractivity contribution in [3.05, 3.63) is 0 Å². The molecule has 174 valence electrons. The standard InChI is InChI=1S/C27H42O4/c1-25-13-9-20(28)18-19(25)7-8-21-22(25)10-14-26(2)23(21)11-15-27(26,29)12-5-17-31-24-6-3-4-16-30-24/h19-24,28-29H,3-4,6-11,13-18H2,1-2H3/t19?,20?,21-,22-,23+,24?,25+,26+,27?/m1/s1. The van der Waals surface area contributed by atoms with Gasteiger partial charge in [-0.15, -0.1) is 0 Å². The summed E-state index contributed by atoms with van der Waals surface area (Å²) in [5.74, 6) is 9.17. The van der Waals surface area contributed by atoms with Crippen LogP contribution in [0.5, 0.6) is 0 Å². The predicted molar refractivity (Wildman–Crippen MR) is 120 cm³/mol. The summed E-state index contributed by atoms with van der Waals surface area (Å²) in [5.41, 5.74) is -0.622. The zero-order valence-electron chi connectivity index (χ0n) is 19.6. The lowest BCUT2D eigenvalue weighted by Crippen LogP contribution is -2.56. The predicted octanol–water partition coefficient (Wildman–Crippen LogP) is 4.67. The summed E-state index contributed by atoms with van der Waals surface area (Å²) < 4.78 is 11.4. The van der Waals surface area contributed by atoms with Crippen LogP contribution in [-0.2, 0) is 9.47 Å². The molecule has 0 spiro atoms. The highest BCUT2D eigenvalue weighted by atomic mass is 16.7. The molecule has 0 aromatic rings. The van der Waals surface area contributed by atoms with Crippen LogP contribution in [-0.4, -0.2) is 41.4 Å².